The molecule has 0 aliphatic heterocycles. The van der Waals surface area contributed by atoms with Crippen LogP contribution in [0.25, 0.3) is 0 Å². The molecule has 0 amide bonds. The maximum atomic E-state index is 5.92. The van der Waals surface area contributed by atoms with E-state index in [4.69, 9.17) is 9.47 Å². The zero-order chi connectivity index (χ0) is 16.3. The number of rotatable bonds is 10. The van der Waals surface area contributed by atoms with Crippen molar-refractivity contribution in [3.05, 3.63) is 59.7 Å². The van der Waals surface area contributed by atoms with Crippen molar-refractivity contribution in [1.82, 2.24) is 0 Å². The first-order valence-corrected chi connectivity index (χ1v) is 8.58. The van der Waals surface area contributed by atoms with Crippen LogP contribution < -0.4 is 9.47 Å². The molecule has 0 bridgehead atoms. The van der Waals surface area contributed by atoms with E-state index in [1.54, 1.807) is 0 Å². The van der Waals surface area contributed by atoms with E-state index in [2.05, 4.69) is 26.0 Å². The van der Waals surface area contributed by atoms with Gasteiger partial charge in [0, 0.05) is 6.42 Å². The lowest BCUT2D eigenvalue weighted by atomic mass is 10.0. The molecule has 2 heteroatoms. The SMILES string of the molecule is CCCCOc1cc[c]cc1Cc1c[c]ccc1OCCCC. The van der Waals surface area contributed by atoms with Crippen LogP contribution in [0, 0.1) is 12.1 Å². The van der Waals surface area contributed by atoms with Gasteiger partial charge >= 0.3 is 0 Å². The maximum absolute atomic E-state index is 5.92. The molecule has 0 saturated carbocycles. The first-order valence-electron chi connectivity index (χ1n) is 8.58. The average Bonchev–Trinajstić information content (AvgIpc) is 2.58. The molecule has 0 fully saturated rings. The third-order valence-corrected chi connectivity index (χ3v) is 3.70. The molecule has 2 nitrogen and oxygen atoms in total. The van der Waals surface area contributed by atoms with E-state index in [1.165, 1.54) is 0 Å². The first-order chi connectivity index (χ1) is 11.3. The van der Waals surface area contributed by atoms with Crippen LogP contribution in [0.1, 0.15) is 50.7 Å². The van der Waals surface area contributed by atoms with Gasteiger partial charge < -0.3 is 9.47 Å². The highest BCUT2D eigenvalue weighted by Gasteiger charge is 2.08. The van der Waals surface area contributed by atoms with Crippen LogP contribution in [0.4, 0.5) is 0 Å². The molecule has 2 aromatic carbocycles. The van der Waals surface area contributed by atoms with Crippen LogP contribution in [0.3, 0.4) is 0 Å². The Morgan fingerprint density at radius 1 is 0.783 bits per heavy atom. The monoisotopic (exact) mass is 310 g/mol. The van der Waals surface area contributed by atoms with Crippen molar-refractivity contribution in [3.63, 3.8) is 0 Å². The van der Waals surface area contributed by atoms with Crippen molar-refractivity contribution >= 4 is 0 Å². The highest BCUT2D eigenvalue weighted by Crippen LogP contribution is 2.26. The van der Waals surface area contributed by atoms with Gasteiger partial charge in [-0.25, -0.2) is 0 Å². The second-order valence-corrected chi connectivity index (χ2v) is 5.65. The summed E-state index contributed by atoms with van der Waals surface area (Å²) < 4.78 is 11.8. The fraction of sp³-hybridized carbons (Fsp3) is 0.429. The van der Waals surface area contributed by atoms with Gasteiger partial charge in [0.05, 0.1) is 13.2 Å². The molecule has 2 radical (unpaired) electrons. The fourth-order valence-corrected chi connectivity index (χ4v) is 2.32. The molecular weight excluding hydrogens is 284 g/mol. The number of unbranched alkanes of at least 4 members (excludes halogenated alkanes) is 2. The largest absolute Gasteiger partial charge is 0.493 e. The van der Waals surface area contributed by atoms with Crippen molar-refractivity contribution in [2.75, 3.05) is 13.2 Å². The van der Waals surface area contributed by atoms with Gasteiger partial charge in [-0.3, -0.25) is 0 Å². The summed E-state index contributed by atoms with van der Waals surface area (Å²) in [4.78, 5) is 0. The average molecular weight is 310 g/mol. The Morgan fingerprint density at radius 2 is 1.26 bits per heavy atom. The molecular formula is C21H26O2. The summed E-state index contributed by atoms with van der Waals surface area (Å²) in [5, 5.41) is 0. The van der Waals surface area contributed by atoms with Gasteiger partial charge in [0.15, 0.2) is 0 Å². The maximum Gasteiger partial charge on any atom is 0.122 e. The van der Waals surface area contributed by atoms with Crippen LogP contribution in [-0.4, -0.2) is 13.2 Å². The van der Waals surface area contributed by atoms with E-state index in [-0.39, 0.29) is 0 Å². The number of ether oxygens (including phenoxy) is 2. The topological polar surface area (TPSA) is 18.5 Å². The summed E-state index contributed by atoms with van der Waals surface area (Å²) in [5.74, 6) is 1.89. The molecule has 0 spiro atoms. The molecule has 2 aromatic rings. The van der Waals surface area contributed by atoms with Crippen molar-refractivity contribution < 1.29 is 9.47 Å². The molecule has 0 atom stereocenters. The second kappa shape index (κ2) is 9.94. The van der Waals surface area contributed by atoms with Crippen molar-refractivity contribution in [2.24, 2.45) is 0 Å². The second-order valence-electron chi connectivity index (χ2n) is 5.65. The van der Waals surface area contributed by atoms with Gasteiger partial charge in [-0.1, -0.05) is 38.8 Å². The molecule has 122 valence electrons. The molecule has 0 saturated heterocycles. The zero-order valence-electron chi connectivity index (χ0n) is 14.2. The Labute approximate surface area is 140 Å². The van der Waals surface area contributed by atoms with Crippen LogP contribution in [0.5, 0.6) is 11.5 Å². The third-order valence-electron chi connectivity index (χ3n) is 3.70. The Morgan fingerprint density at radius 3 is 1.70 bits per heavy atom. The van der Waals surface area contributed by atoms with Gasteiger partial charge in [-0.05, 0) is 60.4 Å². The number of hydrogen-bond acceptors (Lipinski definition) is 2. The quantitative estimate of drug-likeness (QED) is 0.559. The smallest absolute Gasteiger partial charge is 0.122 e. The van der Waals surface area contributed by atoms with E-state index in [9.17, 15) is 0 Å². The van der Waals surface area contributed by atoms with Crippen LogP contribution in [0.2, 0.25) is 0 Å². The van der Waals surface area contributed by atoms with Gasteiger partial charge in [0.2, 0.25) is 0 Å². The van der Waals surface area contributed by atoms with Crippen molar-refractivity contribution in [3.8, 4) is 11.5 Å². The molecule has 2 rings (SSSR count). The van der Waals surface area contributed by atoms with Crippen LogP contribution in [0.15, 0.2) is 36.4 Å². The Balaban J connectivity index is 2.09. The van der Waals surface area contributed by atoms with Crippen molar-refractivity contribution in [2.45, 2.75) is 46.0 Å². The summed E-state index contributed by atoms with van der Waals surface area (Å²) in [5.41, 5.74) is 2.28. The molecule has 23 heavy (non-hydrogen) atoms. The molecule has 0 heterocycles. The fourth-order valence-electron chi connectivity index (χ4n) is 2.32. The van der Waals surface area contributed by atoms with Gasteiger partial charge in [-0.15, -0.1) is 0 Å². The standard InChI is InChI=1S/C21H26O2/c1-3-5-15-22-20-13-9-7-11-18(20)17-19-12-8-10-14-21(19)23-16-6-4-2/h9-14H,3-6,15-17H2,1-2H3. The third kappa shape index (κ3) is 5.63. The minimum absolute atomic E-state index is 0.758. The predicted molar refractivity (Wildman–Crippen MR) is 94.2 cm³/mol. The highest BCUT2D eigenvalue weighted by atomic mass is 16.5. The van der Waals surface area contributed by atoms with E-state index in [0.29, 0.717) is 0 Å². The Bertz CT molecular complexity index is 526. The lowest BCUT2D eigenvalue weighted by molar-refractivity contribution is 0.303. The Hall–Kier alpha value is -1.96. The normalized spacial score (nSPS) is 10.5. The number of benzene rings is 2. The summed E-state index contributed by atoms with van der Waals surface area (Å²) >= 11 is 0. The summed E-state index contributed by atoms with van der Waals surface area (Å²) in [6.07, 6.45) is 5.19. The van der Waals surface area contributed by atoms with E-state index in [1.807, 2.05) is 36.4 Å². The van der Waals surface area contributed by atoms with E-state index in [0.717, 1.165) is 67.9 Å². The lowest BCUT2D eigenvalue weighted by Crippen LogP contribution is -2.03. The number of hydrogen-bond donors (Lipinski definition) is 0. The van der Waals surface area contributed by atoms with Crippen molar-refractivity contribution in [1.29, 1.82) is 0 Å². The van der Waals surface area contributed by atoms with E-state index < -0.39 is 0 Å². The predicted octanol–water partition coefficient (Wildman–Crippen LogP) is 5.24. The molecule has 0 aliphatic rings. The summed E-state index contributed by atoms with van der Waals surface area (Å²) in [6, 6.07) is 18.1. The lowest BCUT2D eigenvalue weighted by Gasteiger charge is -2.14. The molecule has 0 aromatic heterocycles. The Kier molecular flexibility index (Phi) is 7.51. The molecule has 0 unspecified atom stereocenters. The van der Waals surface area contributed by atoms with E-state index >= 15 is 0 Å². The van der Waals surface area contributed by atoms with Gasteiger partial charge in [0.1, 0.15) is 11.5 Å². The van der Waals surface area contributed by atoms with Crippen LogP contribution >= 0.6 is 0 Å². The van der Waals surface area contributed by atoms with Crippen LogP contribution in [-0.2, 0) is 6.42 Å². The minimum Gasteiger partial charge on any atom is -0.493 e. The highest BCUT2D eigenvalue weighted by molar-refractivity contribution is 5.42. The van der Waals surface area contributed by atoms with Gasteiger partial charge in [-0.2, -0.15) is 0 Å². The van der Waals surface area contributed by atoms with Gasteiger partial charge in [0.25, 0.3) is 0 Å². The minimum atomic E-state index is 0.758. The summed E-state index contributed by atoms with van der Waals surface area (Å²) in [6.45, 7) is 5.86. The molecule has 0 aliphatic carbocycles. The summed E-state index contributed by atoms with van der Waals surface area (Å²) in [7, 11) is 0. The first kappa shape index (κ1) is 17.4. The zero-order valence-corrected chi connectivity index (χ0v) is 14.2. The molecule has 0 N–H and O–H groups in total.